The predicted octanol–water partition coefficient (Wildman–Crippen LogP) is 1.83. The maximum Gasteiger partial charge on any atom is 0.122 e. The first-order chi connectivity index (χ1) is 7.70. The van der Waals surface area contributed by atoms with E-state index in [0.29, 0.717) is 13.2 Å². The highest BCUT2D eigenvalue weighted by Crippen LogP contribution is 2.24. The van der Waals surface area contributed by atoms with Gasteiger partial charge in [0, 0.05) is 6.54 Å². The summed E-state index contributed by atoms with van der Waals surface area (Å²) in [5.74, 6) is 0.948. The highest BCUT2D eigenvalue weighted by atomic mass is 16.5. The summed E-state index contributed by atoms with van der Waals surface area (Å²) in [4.78, 5) is 0. The molecular formula is C13H21NO2. The maximum atomic E-state index is 5.38. The van der Waals surface area contributed by atoms with Crippen LogP contribution in [0.15, 0.2) is 12.1 Å². The Morgan fingerprint density at radius 3 is 2.50 bits per heavy atom. The second kappa shape index (κ2) is 6.51. The lowest BCUT2D eigenvalue weighted by atomic mass is 10.0. The summed E-state index contributed by atoms with van der Waals surface area (Å²) in [7, 11) is 1.70. The first-order valence-electron chi connectivity index (χ1n) is 5.61. The van der Waals surface area contributed by atoms with Gasteiger partial charge in [-0.15, -0.1) is 0 Å². The van der Waals surface area contributed by atoms with E-state index in [0.717, 1.165) is 18.8 Å². The molecule has 0 saturated carbocycles. The van der Waals surface area contributed by atoms with Gasteiger partial charge >= 0.3 is 0 Å². The number of ether oxygens (including phenoxy) is 2. The molecule has 0 heterocycles. The largest absolute Gasteiger partial charge is 0.496 e. The number of nitrogens with two attached hydrogens (primary N) is 1. The molecule has 0 bridgehead atoms. The summed E-state index contributed by atoms with van der Waals surface area (Å²) in [6, 6.07) is 4.12. The second-order valence-electron chi connectivity index (χ2n) is 3.83. The Balaban J connectivity index is 2.64. The van der Waals surface area contributed by atoms with Gasteiger partial charge in [0.05, 0.1) is 20.3 Å². The van der Waals surface area contributed by atoms with Crippen molar-refractivity contribution in [1.29, 1.82) is 0 Å². The van der Waals surface area contributed by atoms with Crippen LogP contribution in [0.25, 0.3) is 0 Å². The van der Waals surface area contributed by atoms with Gasteiger partial charge in [-0.05, 0) is 43.0 Å². The Kier molecular flexibility index (Phi) is 5.29. The molecule has 0 radical (unpaired) electrons. The van der Waals surface area contributed by atoms with Crippen LogP contribution < -0.4 is 10.5 Å². The highest BCUT2D eigenvalue weighted by molar-refractivity contribution is 5.43. The standard InChI is InChI=1S/C13H21NO2/c1-10-11(2)13(15-3)5-4-12(10)6-8-16-9-7-14/h4-5H,6-9,14H2,1-3H3. The van der Waals surface area contributed by atoms with Crippen molar-refractivity contribution >= 4 is 0 Å². The Labute approximate surface area is 97.6 Å². The van der Waals surface area contributed by atoms with Crippen LogP contribution in [0.4, 0.5) is 0 Å². The third-order valence-electron chi connectivity index (χ3n) is 2.85. The summed E-state index contributed by atoms with van der Waals surface area (Å²) < 4.78 is 10.7. The van der Waals surface area contributed by atoms with E-state index in [4.69, 9.17) is 15.2 Å². The van der Waals surface area contributed by atoms with Crippen LogP contribution in [-0.4, -0.2) is 26.9 Å². The fraction of sp³-hybridized carbons (Fsp3) is 0.538. The zero-order valence-electron chi connectivity index (χ0n) is 10.4. The molecule has 0 unspecified atom stereocenters. The first kappa shape index (κ1) is 13.0. The summed E-state index contributed by atoms with van der Waals surface area (Å²) in [5.41, 5.74) is 9.17. The molecule has 0 aliphatic rings. The molecule has 0 aliphatic carbocycles. The maximum absolute atomic E-state index is 5.38. The lowest BCUT2D eigenvalue weighted by Crippen LogP contribution is -2.10. The molecule has 0 fully saturated rings. The minimum absolute atomic E-state index is 0.584. The van der Waals surface area contributed by atoms with Gasteiger partial charge in [0.1, 0.15) is 5.75 Å². The summed E-state index contributed by atoms with van der Waals surface area (Å²) >= 11 is 0. The van der Waals surface area contributed by atoms with Crippen LogP contribution in [0.1, 0.15) is 16.7 Å². The van der Waals surface area contributed by atoms with Crippen LogP contribution in [0, 0.1) is 13.8 Å². The Hall–Kier alpha value is -1.06. The lowest BCUT2D eigenvalue weighted by molar-refractivity contribution is 0.144. The third-order valence-corrected chi connectivity index (χ3v) is 2.85. The molecule has 2 N–H and O–H groups in total. The average Bonchev–Trinajstić information content (AvgIpc) is 2.30. The molecule has 0 atom stereocenters. The van der Waals surface area contributed by atoms with Gasteiger partial charge in [0.2, 0.25) is 0 Å². The number of methoxy groups -OCH3 is 1. The van der Waals surface area contributed by atoms with Crippen molar-refractivity contribution in [1.82, 2.24) is 0 Å². The molecule has 16 heavy (non-hydrogen) atoms. The van der Waals surface area contributed by atoms with Gasteiger partial charge in [0.25, 0.3) is 0 Å². The Morgan fingerprint density at radius 1 is 1.12 bits per heavy atom. The van der Waals surface area contributed by atoms with Gasteiger partial charge in [-0.3, -0.25) is 0 Å². The van der Waals surface area contributed by atoms with Crippen LogP contribution in [-0.2, 0) is 11.2 Å². The Bertz CT molecular complexity index is 337. The molecule has 0 aromatic heterocycles. The van der Waals surface area contributed by atoms with Crippen LogP contribution in [0.5, 0.6) is 5.75 Å². The van der Waals surface area contributed by atoms with E-state index in [-0.39, 0.29) is 0 Å². The SMILES string of the molecule is COc1ccc(CCOCCN)c(C)c1C. The van der Waals surface area contributed by atoms with Crippen molar-refractivity contribution in [2.75, 3.05) is 26.9 Å². The predicted molar refractivity (Wildman–Crippen MR) is 66.0 cm³/mol. The fourth-order valence-electron chi connectivity index (χ4n) is 1.71. The normalized spacial score (nSPS) is 10.5. The van der Waals surface area contributed by atoms with Crippen molar-refractivity contribution in [3.63, 3.8) is 0 Å². The smallest absolute Gasteiger partial charge is 0.122 e. The zero-order valence-corrected chi connectivity index (χ0v) is 10.4. The van der Waals surface area contributed by atoms with Crippen molar-refractivity contribution in [3.05, 3.63) is 28.8 Å². The monoisotopic (exact) mass is 223 g/mol. The van der Waals surface area contributed by atoms with Gasteiger partial charge in [-0.2, -0.15) is 0 Å². The molecule has 3 nitrogen and oxygen atoms in total. The van der Waals surface area contributed by atoms with Gasteiger partial charge in [-0.25, -0.2) is 0 Å². The van der Waals surface area contributed by atoms with Gasteiger partial charge in [-0.1, -0.05) is 6.07 Å². The number of benzene rings is 1. The van der Waals surface area contributed by atoms with E-state index in [1.165, 1.54) is 16.7 Å². The molecule has 0 aliphatic heterocycles. The van der Waals surface area contributed by atoms with Crippen molar-refractivity contribution in [3.8, 4) is 5.75 Å². The van der Waals surface area contributed by atoms with Crippen molar-refractivity contribution < 1.29 is 9.47 Å². The summed E-state index contributed by atoms with van der Waals surface area (Å²) in [5, 5.41) is 0. The lowest BCUT2D eigenvalue weighted by Gasteiger charge is -2.12. The van der Waals surface area contributed by atoms with E-state index in [9.17, 15) is 0 Å². The number of hydrogen-bond donors (Lipinski definition) is 1. The zero-order chi connectivity index (χ0) is 12.0. The van der Waals surface area contributed by atoms with E-state index in [1.54, 1.807) is 7.11 Å². The average molecular weight is 223 g/mol. The van der Waals surface area contributed by atoms with Crippen molar-refractivity contribution in [2.45, 2.75) is 20.3 Å². The highest BCUT2D eigenvalue weighted by Gasteiger charge is 2.06. The van der Waals surface area contributed by atoms with Crippen LogP contribution in [0.3, 0.4) is 0 Å². The number of hydrogen-bond acceptors (Lipinski definition) is 3. The van der Waals surface area contributed by atoms with Gasteiger partial charge in [0.15, 0.2) is 0 Å². The quantitative estimate of drug-likeness (QED) is 0.748. The molecule has 90 valence electrons. The first-order valence-corrected chi connectivity index (χ1v) is 5.61. The topological polar surface area (TPSA) is 44.5 Å². The molecule has 0 amide bonds. The van der Waals surface area contributed by atoms with E-state index >= 15 is 0 Å². The molecule has 3 heteroatoms. The molecule has 0 spiro atoms. The molecule has 1 rings (SSSR count). The van der Waals surface area contributed by atoms with E-state index in [2.05, 4.69) is 19.9 Å². The van der Waals surface area contributed by atoms with E-state index in [1.807, 2.05) is 6.07 Å². The van der Waals surface area contributed by atoms with E-state index < -0.39 is 0 Å². The molecular weight excluding hydrogens is 202 g/mol. The molecule has 1 aromatic rings. The van der Waals surface area contributed by atoms with Crippen LogP contribution in [0.2, 0.25) is 0 Å². The van der Waals surface area contributed by atoms with Crippen molar-refractivity contribution in [2.24, 2.45) is 5.73 Å². The minimum atomic E-state index is 0.584. The minimum Gasteiger partial charge on any atom is -0.496 e. The van der Waals surface area contributed by atoms with Crippen LogP contribution >= 0.6 is 0 Å². The number of rotatable bonds is 6. The van der Waals surface area contributed by atoms with Gasteiger partial charge < -0.3 is 15.2 Å². The summed E-state index contributed by atoms with van der Waals surface area (Å²) in [6.07, 6.45) is 0.927. The third kappa shape index (κ3) is 3.22. The second-order valence-corrected chi connectivity index (χ2v) is 3.83. The molecule has 0 saturated heterocycles. The Morgan fingerprint density at radius 2 is 1.88 bits per heavy atom. The molecule has 1 aromatic carbocycles. The summed E-state index contributed by atoms with van der Waals surface area (Å²) in [6.45, 7) is 6.15. The fourth-order valence-corrected chi connectivity index (χ4v) is 1.71.